The normalized spacial score (nSPS) is 14.6. The van der Waals surface area contributed by atoms with Crippen molar-refractivity contribution in [1.82, 2.24) is 0 Å². The summed E-state index contributed by atoms with van der Waals surface area (Å²) < 4.78 is 14.4. The number of ether oxygens (including phenoxy) is 2. The predicted octanol–water partition coefficient (Wildman–Crippen LogP) is 21.2. The number of hydrogen-bond donors (Lipinski definition) is 0. The highest BCUT2D eigenvalue weighted by Gasteiger charge is 2.50. The van der Waals surface area contributed by atoms with Crippen molar-refractivity contribution in [2.75, 3.05) is 9.80 Å². The van der Waals surface area contributed by atoms with Crippen LogP contribution in [0.1, 0.15) is 211 Å². The molecule has 0 radical (unpaired) electrons. The van der Waals surface area contributed by atoms with Crippen molar-refractivity contribution in [1.29, 1.82) is 0 Å². The highest BCUT2D eigenvalue weighted by atomic mass is 32.2. The Balaban J connectivity index is 1.15. The number of anilines is 6. The lowest BCUT2D eigenvalue weighted by Gasteiger charge is -2.47. The van der Waals surface area contributed by atoms with Crippen LogP contribution in [0.4, 0.5) is 34.1 Å². The fourth-order valence-electron chi connectivity index (χ4n) is 14.5. The number of benzene rings is 9. The van der Waals surface area contributed by atoms with E-state index in [2.05, 4.69) is 334 Å². The minimum absolute atomic E-state index is 0.00679. The molecule has 4 aliphatic heterocycles. The summed E-state index contributed by atoms with van der Waals surface area (Å²) in [6, 6.07) is 61.0. The molecule has 0 bridgehead atoms. The molecular weight excluding hydrogens is 1180 g/mol. The van der Waals surface area contributed by atoms with Crippen LogP contribution in [-0.4, -0.2) is 13.4 Å². The van der Waals surface area contributed by atoms with E-state index in [1.165, 1.54) is 108 Å². The fourth-order valence-corrected chi connectivity index (χ4v) is 17.0. The van der Waals surface area contributed by atoms with Gasteiger partial charge in [0.1, 0.15) is 23.0 Å². The highest BCUT2D eigenvalue weighted by Crippen LogP contribution is 2.52. The zero-order chi connectivity index (χ0) is 67.7. The van der Waals surface area contributed by atoms with E-state index < -0.39 is 0 Å². The topological polar surface area (TPSA) is 24.9 Å². The van der Waals surface area contributed by atoms with E-state index in [1.807, 2.05) is 23.5 Å². The Morgan fingerprint density at radius 3 is 1.13 bits per heavy atom. The van der Waals surface area contributed by atoms with E-state index in [4.69, 9.17) is 9.47 Å². The molecule has 0 N–H and O–H groups in total. The van der Waals surface area contributed by atoms with E-state index in [-0.39, 0.29) is 56.7 Å². The summed E-state index contributed by atoms with van der Waals surface area (Å²) in [5.41, 5.74) is 24.7. The molecule has 4 aliphatic rings. The Bertz CT molecular complexity index is 4480. The van der Waals surface area contributed by atoms with Crippen LogP contribution in [0.15, 0.2) is 177 Å². The van der Waals surface area contributed by atoms with Crippen LogP contribution in [0, 0.1) is 0 Å². The summed E-state index contributed by atoms with van der Waals surface area (Å²) in [5, 5.41) is 0. The van der Waals surface area contributed by atoms with Gasteiger partial charge in [0.05, 0.1) is 0 Å². The van der Waals surface area contributed by atoms with E-state index >= 15 is 0 Å². The Kier molecular flexibility index (Phi) is 15.6. The summed E-state index contributed by atoms with van der Waals surface area (Å²) >= 11 is 3.84. The molecule has 0 aromatic heterocycles. The van der Waals surface area contributed by atoms with E-state index in [0.29, 0.717) is 0 Å². The number of fused-ring (bicyclic) bond motifs is 8. The van der Waals surface area contributed by atoms with Crippen LogP contribution in [-0.2, 0) is 43.3 Å². The third-order valence-corrected chi connectivity index (χ3v) is 22.3. The van der Waals surface area contributed by atoms with Gasteiger partial charge >= 0.3 is 0 Å². The van der Waals surface area contributed by atoms with Crippen LogP contribution >= 0.6 is 23.5 Å². The summed E-state index contributed by atoms with van der Waals surface area (Å²) in [5.74, 6) is 3.29. The smallest absolute Gasteiger partial charge is 0.252 e. The quantitative estimate of drug-likeness (QED) is 0.154. The standard InChI is InChI=1S/C86H98B2N2O2S2/c1-79(2,3)51-30-34-59(35-31-51)91-61-45-69-77-70(46-61)90(58-39-53(81(7,8)9)38-54(40-58)82(10,11)12)68-43-55(83(13,14)15)41-63(85(19,20)21)75(68)87(77)65-49-66-71(50-67(65)89(69)57-28-26-25-27-29-57)93-73-47-62(92-60-36-32-52(33-37-60)80(4,5)6)48-74-78(73)88(66)76-64(86(22,23)24)42-56(84(16,17)18)44-72(76)94-74/h25-50H,1-24H3. The van der Waals surface area contributed by atoms with E-state index in [1.54, 1.807) is 0 Å². The highest BCUT2D eigenvalue weighted by molar-refractivity contribution is 8.01. The van der Waals surface area contributed by atoms with Gasteiger partial charge in [0, 0.05) is 65.8 Å². The van der Waals surface area contributed by atoms with Crippen LogP contribution < -0.4 is 52.1 Å². The fraction of sp³-hybridized carbons (Fsp3) is 0.372. The molecule has 0 amide bonds. The van der Waals surface area contributed by atoms with Gasteiger partial charge in [-0.05, 0) is 189 Å². The molecule has 9 aromatic carbocycles. The number of hydrogen-bond acceptors (Lipinski definition) is 6. The molecule has 482 valence electrons. The zero-order valence-electron chi connectivity index (χ0n) is 60.7. The van der Waals surface area contributed by atoms with Crippen LogP contribution in [0.5, 0.6) is 23.0 Å². The van der Waals surface area contributed by atoms with Crippen molar-refractivity contribution in [3.05, 3.63) is 202 Å². The van der Waals surface area contributed by atoms with Gasteiger partial charge in [-0.2, -0.15) is 0 Å². The van der Waals surface area contributed by atoms with Gasteiger partial charge in [-0.15, -0.1) is 0 Å². The average molecular weight is 1280 g/mol. The molecule has 13 rings (SSSR count). The molecule has 0 fully saturated rings. The Morgan fingerprint density at radius 2 is 0.660 bits per heavy atom. The van der Waals surface area contributed by atoms with Gasteiger partial charge < -0.3 is 19.3 Å². The molecule has 0 aliphatic carbocycles. The minimum Gasteiger partial charge on any atom is -0.457 e. The third-order valence-electron chi connectivity index (χ3n) is 20.0. The van der Waals surface area contributed by atoms with Crippen molar-refractivity contribution < 1.29 is 9.47 Å². The van der Waals surface area contributed by atoms with Crippen molar-refractivity contribution in [3.8, 4) is 23.0 Å². The van der Waals surface area contributed by atoms with E-state index in [0.717, 1.165) is 45.7 Å². The second-order valence-corrected chi connectivity index (χ2v) is 37.8. The number of para-hydroxylation sites is 1. The molecule has 0 atom stereocenters. The summed E-state index contributed by atoms with van der Waals surface area (Å²) in [4.78, 5) is 10.3. The van der Waals surface area contributed by atoms with Gasteiger partial charge in [-0.1, -0.05) is 267 Å². The van der Waals surface area contributed by atoms with Crippen LogP contribution in [0.3, 0.4) is 0 Å². The summed E-state index contributed by atoms with van der Waals surface area (Å²) in [6.45, 7) is 56.4. The lowest BCUT2D eigenvalue weighted by molar-refractivity contribution is 0.479. The molecule has 8 heteroatoms. The van der Waals surface area contributed by atoms with Crippen molar-refractivity contribution in [3.63, 3.8) is 0 Å². The summed E-state index contributed by atoms with van der Waals surface area (Å²) in [6.07, 6.45) is 0. The maximum absolute atomic E-state index is 7.35. The monoisotopic (exact) mass is 1280 g/mol. The zero-order valence-corrected chi connectivity index (χ0v) is 62.3. The van der Waals surface area contributed by atoms with Crippen LogP contribution in [0.2, 0.25) is 0 Å². The lowest BCUT2D eigenvalue weighted by Crippen LogP contribution is -2.65. The second kappa shape index (κ2) is 22.3. The largest absolute Gasteiger partial charge is 0.457 e. The van der Waals surface area contributed by atoms with Crippen LogP contribution in [0.25, 0.3) is 0 Å². The maximum atomic E-state index is 7.35. The third kappa shape index (κ3) is 11.9. The van der Waals surface area contributed by atoms with Crippen molar-refractivity contribution >= 4 is 104 Å². The number of rotatable bonds is 6. The van der Waals surface area contributed by atoms with Crippen molar-refractivity contribution in [2.45, 2.75) is 229 Å². The van der Waals surface area contributed by atoms with Gasteiger partial charge in [0.25, 0.3) is 6.71 Å². The number of nitrogens with zero attached hydrogens (tertiary/aromatic N) is 2. The molecule has 4 heterocycles. The van der Waals surface area contributed by atoms with Gasteiger partial charge in [0.2, 0.25) is 6.71 Å². The molecule has 9 aromatic rings. The first-order valence-corrected chi connectivity index (χ1v) is 35.9. The van der Waals surface area contributed by atoms with Gasteiger partial charge in [-0.3, -0.25) is 0 Å². The lowest BCUT2D eigenvalue weighted by atomic mass is 9.30. The molecule has 0 saturated carbocycles. The first-order valence-electron chi connectivity index (χ1n) is 34.3. The predicted molar refractivity (Wildman–Crippen MR) is 409 cm³/mol. The second-order valence-electron chi connectivity index (χ2n) is 35.6. The SMILES string of the molecule is CC(C)(C)c1ccc(Oc2cc3c4c(c2)Sc2cc(C(C)(C)C)cc(C(C)(C)C)c2B4c2cc4c(cc2S3)N(c2ccccc2)c2cc(Oc3ccc(C(C)(C)C)cc3)cc3c2B4c2c(cc(C(C)(C)C)cc2C(C)(C)C)N3c2cc(C(C)(C)C)cc(C(C)(C)C)c2)cc1. The summed E-state index contributed by atoms with van der Waals surface area (Å²) in [7, 11) is 0. The Labute approximate surface area is 573 Å². The van der Waals surface area contributed by atoms with Gasteiger partial charge in [0.15, 0.2) is 0 Å². The van der Waals surface area contributed by atoms with Crippen molar-refractivity contribution in [2.24, 2.45) is 0 Å². The average Bonchev–Trinajstić information content (AvgIpc) is 0.686. The molecule has 94 heavy (non-hydrogen) atoms. The van der Waals surface area contributed by atoms with Gasteiger partial charge in [-0.25, -0.2) is 0 Å². The molecule has 0 unspecified atom stereocenters. The minimum atomic E-state index is -0.254. The first kappa shape index (κ1) is 65.7. The molecule has 4 nitrogen and oxygen atoms in total. The molecule has 0 spiro atoms. The molecule has 0 saturated heterocycles. The van der Waals surface area contributed by atoms with E-state index in [9.17, 15) is 0 Å². The first-order chi connectivity index (χ1) is 43.6. The maximum Gasteiger partial charge on any atom is 0.252 e. The Morgan fingerprint density at radius 1 is 0.266 bits per heavy atom. The Hall–Kier alpha value is -6.99. The molecular formula is C86H98B2N2O2S2.